The molecule has 0 bridgehead atoms. The molecule has 0 saturated carbocycles. The molecular formula is C17H19FN2S. The van der Waals surface area contributed by atoms with Crippen molar-refractivity contribution in [1.82, 2.24) is 5.32 Å². The van der Waals surface area contributed by atoms with Gasteiger partial charge in [0.05, 0.1) is 11.7 Å². The predicted molar refractivity (Wildman–Crippen MR) is 90.1 cm³/mol. The molecule has 0 amide bonds. The molecule has 21 heavy (non-hydrogen) atoms. The lowest BCUT2D eigenvalue weighted by molar-refractivity contribution is 0.631. The molecular weight excluding hydrogens is 283 g/mol. The quantitative estimate of drug-likeness (QED) is 0.817. The van der Waals surface area contributed by atoms with E-state index >= 15 is 0 Å². The van der Waals surface area contributed by atoms with Gasteiger partial charge in [0.1, 0.15) is 5.82 Å². The van der Waals surface area contributed by atoms with Gasteiger partial charge in [0, 0.05) is 0 Å². The van der Waals surface area contributed by atoms with Gasteiger partial charge >= 0.3 is 0 Å². The average molecular weight is 302 g/mol. The van der Waals surface area contributed by atoms with Gasteiger partial charge in [-0.2, -0.15) is 0 Å². The minimum atomic E-state index is -0.319. The number of benzene rings is 2. The molecule has 0 aliphatic carbocycles. The summed E-state index contributed by atoms with van der Waals surface area (Å²) in [6.07, 6.45) is 0. The van der Waals surface area contributed by atoms with Gasteiger partial charge in [-0.15, -0.1) is 0 Å². The Morgan fingerprint density at radius 1 is 1.14 bits per heavy atom. The van der Waals surface area contributed by atoms with E-state index < -0.39 is 0 Å². The lowest BCUT2D eigenvalue weighted by Crippen LogP contribution is -2.31. The number of hydrogen-bond acceptors (Lipinski definition) is 1. The van der Waals surface area contributed by atoms with Crippen molar-refractivity contribution >= 4 is 23.0 Å². The molecule has 1 atom stereocenters. The van der Waals surface area contributed by atoms with Crippen LogP contribution in [0.2, 0.25) is 0 Å². The standard InChI is InChI=1S/C17H19FN2S/c1-11-8-9-14(12(2)10-11)13(3)19-17(21)20-16-7-5-4-6-15(16)18/h4-10,13H,1-3H3,(H2,19,20,21)/t13-/m1/s1. The van der Waals surface area contributed by atoms with Crippen molar-refractivity contribution in [3.63, 3.8) is 0 Å². The highest BCUT2D eigenvalue weighted by Crippen LogP contribution is 2.19. The number of aryl methyl sites for hydroxylation is 2. The Kier molecular flexibility index (Phi) is 4.91. The topological polar surface area (TPSA) is 24.1 Å². The van der Waals surface area contributed by atoms with Crippen LogP contribution in [0.3, 0.4) is 0 Å². The molecule has 0 fully saturated rings. The van der Waals surface area contributed by atoms with E-state index in [9.17, 15) is 4.39 Å². The van der Waals surface area contributed by atoms with Crippen molar-refractivity contribution in [3.8, 4) is 0 Å². The Labute approximate surface area is 130 Å². The van der Waals surface area contributed by atoms with E-state index in [4.69, 9.17) is 12.2 Å². The number of nitrogens with one attached hydrogen (secondary N) is 2. The van der Waals surface area contributed by atoms with E-state index in [2.05, 4.69) is 42.7 Å². The van der Waals surface area contributed by atoms with Crippen molar-refractivity contribution in [2.45, 2.75) is 26.8 Å². The number of para-hydroxylation sites is 1. The molecule has 4 heteroatoms. The van der Waals surface area contributed by atoms with E-state index in [1.165, 1.54) is 22.8 Å². The summed E-state index contributed by atoms with van der Waals surface area (Å²) in [6.45, 7) is 6.18. The minimum Gasteiger partial charge on any atom is -0.356 e. The van der Waals surface area contributed by atoms with Crippen LogP contribution in [0, 0.1) is 19.7 Å². The van der Waals surface area contributed by atoms with Gasteiger partial charge in [-0.05, 0) is 56.2 Å². The third-order valence-electron chi connectivity index (χ3n) is 3.36. The first-order valence-electron chi connectivity index (χ1n) is 6.86. The summed E-state index contributed by atoms with van der Waals surface area (Å²) in [5.74, 6) is -0.319. The first-order chi connectivity index (χ1) is 9.97. The molecule has 0 spiro atoms. The molecule has 2 aromatic rings. The molecule has 110 valence electrons. The second kappa shape index (κ2) is 6.68. The van der Waals surface area contributed by atoms with Gasteiger partial charge in [-0.1, -0.05) is 35.9 Å². The van der Waals surface area contributed by atoms with Crippen LogP contribution < -0.4 is 10.6 Å². The highest BCUT2D eigenvalue weighted by Gasteiger charge is 2.10. The van der Waals surface area contributed by atoms with Crippen molar-refractivity contribution in [2.75, 3.05) is 5.32 Å². The van der Waals surface area contributed by atoms with Gasteiger partial charge in [0.2, 0.25) is 0 Å². The van der Waals surface area contributed by atoms with E-state index in [0.717, 1.165) is 0 Å². The van der Waals surface area contributed by atoms with E-state index in [0.29, 0.717) is 10.8 Å². The van der Waals surface area contributed by atoms with Crippen LogP contribution in [0.5, 0.6) is 0 Å². The molecule has 0 radical (unpaired) electrons. The zero-order valence-electron chi connectivity index (χ0n) is 12.4. The summed E-state index contributed by atoms with van der Waals surface area (Å²) < 4.78 is 13.6. The minimum absolute atomic E-state index is 0.0531. The number of halogens is 1. The normalized spacial score (nSPS) is 11.8. The molecule has 2 N–H and O–H groups in total. The molecule has 0 aliphatic rings. The van der Waals surface area contributed by atoms with Crippen molar-refractivity contribution in [2.24, 2.45) is 0 Å². The summed E-state index contributed by atoms with van der Waals surface area (Å²) in [5, 5.41) is 6.48. The van der Waals surface area contributed by atoms with Crippen molar-refractivity contribution in [1.29, 1.82) is 0 Å². The second-order valence-electron chi connectivity index (χ2n) is 5.16. The smallest absolute Gasteiger partial charge is 0.171 e. The van der Waals surface area contributed by atoms with Gasteiger partial charge in [0.15, 0.2) is 5.11 Å². The van der Waals surface area contributed by atoms with Crippen LogP contribution >= 0.6 is 12.2 Å². The summed E-state index contributed by atoms with van der Waals surface area (Å²) >= 11 is 5.25. The summed E-state index contributed by atoms with van der Waals surface area (Å²) in [7, 11) is 0. The fraction of sp³-hybridized carbons (Fsp3) is 0.235. The number of anilines is 1. The third-order valence-corrected chi connectivity index (χ3v) is 3.58. The predicted octanol–water partition coefficient (Wildman–Crippen LogP) is 4.49. The highest BCUT2D eigenvalue weighted by molar-refractivity contribution is 7.80. The summed E-state index contributed by atoms with van der Waals surface area (Å²) in [4.78, 5) is 0. The fourth-order valence-electron chi connectivity index (χ4n) is 2.31. The monoisotopic (exact) mass is 302 g/mol. The van der Waals surface area contributed by atoms with Crippen molar-refractivity contribution < 1.29 is 4.39 Å². The molecule has 2 nitrogen and oxygen atoms in total. The van der Waals surface area contributed by atoms with Crippen LogP contribution in [-0.4, -0.2) is 5.11 Å². The van der Waals surface area contributed by atoms with Gasteiger partial charge in [0.25, 0.3) is 0 Å². The Morgan fingerprint density at radius 3 is 2.52 bits per heavy atom. The first kappa shape index (κ1) is 15.4. The zero-order chi connectivity index (χ0) is 15.4. The molecule has 2 rings (SSSR count). The molecule has 0 saturated heterocycles. The maximum atomic E-state index is 13.6. The Morgan fingerprint density at radius 2 is 1.86 bits per heavy atom. The number of thiocarbonyl (C=S) groups is 1. The summed E-state index contributed by atoms with van der Waals surface area (Å²) in [6, 6.07) is 12.8. The van der Waals surface area contributed by atoms with Crippen LogP contribution in [0.4, 0.5) is 10.1 Å². The molecule has 0 aliphatic heterocycles. The average Bonchev–Trinajstić information content (AvgIpc) is 2.41. The van der Waals surface area contributed by atoms with Crippen LogP contribution in [0.15, 0.2) is 42.5 Å². The molecule has 0 unspecified atom stereocenters. The maximum absolute atomic E-state index is 13.6. The van der Waals surface area contributed by atoms with E-state index in [1.807, 2.05) is 6.92 Å². The summed E-state index contributed by atoms with van der Waals surface area (Å²) in [5.41, 5.74) is 4.00. The fourth-order valence-corrected chi connectivity index (χ4v) is 2.59. The largest absolute Gasteiger partial charge is 0.356 e. The highest BCUT2D eigenvalue weighted by atomic mass is 32.1. The van der Waals surface area contributed by atoms with Crippen LogP contribution in [0.25, 0.3) is 0 Å². The molecule has 2 aromatic carbocycles. The number of hydrogen-bond donors (Lipinski definition) is 2. The lowest BCUT2D eigenvalue weighted by Gasteiger charge is -2.19. The Bertz CT molecular complexity index is 655. The van der Waals surface area contributed by atoms with Gasteiger partial charge < -0.3 is 10.6 Å². The van der Waals surface area contributed by atoms with Gasteiger partial charge in [-0.25, -0.2) is 4.39 Å². The Hall–Kier alpha value is -1.94. The second-order valence-corrected chi connectivity index (χ2v) is 5.57. The van der Waals surface area contributed by atoms with Gasteiger partial charge in [-0.3, -0.25) is 0 Å². The van der Waals surface area contributed by atoms with Crippen molar-refractivity contribution in [3.05, 3.63) is 65.0 Å². The molecule has 0 heterocycles. The lowest BCUT2D eigenvalue weighted by atomic mass is 10.0. The van der Waals surface area contributed by atoms with Crippen LogP contribution in [0.1, 0.15) is 29.7 Å². The Balaban J connectivity index is 2.04. The molecule has 0 aromatic heterocycles. The number of rotatable bonds is 3. The van der Waals surface area contributed by atoms with E-state index in [1.54, 1.807) is 18.2 Å². The van der Waals surface area contributed by atoms with Crippen LogP contribution in [-0.2, 0) is 0 Å². The third kappa shape index (κ3) is 4.02. The SMILES string of the molecule is Cc1ccc([C@@H](C)NC(=S)Nc2ccccc2F)c(C)c1. The first-order valence-corrected chi connectivity index (χ1v) is 7.27. The van der Waals surface area contributed by atoms with E-state index in [-0.39, 0.29) is 11.9 Å². The zero-order valence-corrected chi connectivity index (χ0v) is 13.2. The maximum Gasteiger partial charge on any atom is 0.171 e.